The van der Waals surface area contributed by atoms with Crippen LogP contribution in [0.5, 0.6) is 0 Å². The van der Waals surface area contributed by atoms with Crippen molar-refractivity contribution in [1.82, 2.24) is 14.5 Å². The summed E-state index contributed by atoms with van der Waals surface area (Å²) in [5.41, 5.74) is 3.82. The molecule has 4 aromatic rings. The van der Waals surface area contributed by atoms with Crippen LogP contribution >= 0.6 is 0 Å². The second kappa shape index (κ2) is 12.0. The first-order chi connectivity index (χ1) is 18.9. The summed E-state index contributed by atoms with van der Waals surface area (Å²) in [6.07, 6.45) is 3.39. The molecule has 1 unspecified atom stereocenters. The van der Waals surface area contributed by atoms with E-state index in [-0.39, 0.29) is 29.5 Å². The van der Waals surface area contributed by atoms with Gasteiger partial charge in [-0.25, -0.2) is 13.4 Å². The van der Waals surface area contributed by atoms with Crippen molar-refractivity contribution in [2.75, 3.05) is 13.2 Å². The molecule has 1 aliphatic rings. The molecule has 1 aromatic heterocycles. The van der Waals surface area contributed by atoms with Gasteiger partial charge in [-0.2, -0.15) is 0 Å². The largest absolute Gasteiger partial charge is 0.376 e. The van der Waals surface area contributed by atoms with E-state index < -0.39 is 9.84 Å². The zero-order chi connectivity index (χ0) is 27.2. The zero-order valence-corrected chi connectivity index (χ0v) is 22.9. The van der Waals surface area contributed by atoms with E-state index in [1.165, 1.54) is 0 Å². The van der Waals surface area contributed by atoms with Gasteiger partial charge in [0.05, 0.1) is 36.8 Å². The molecule has 0 saturated carbocycles. The maximum absolute atomic E-state index is 13.8. The second-order valence-electron chi connectivity index (χ2n) is 9.98. The lowest BCUT2D eigenvalue weighted by Gasteiger charge is -2.27. The van der Waals surface area contributed by atoms with Crippen LogP contribution in [0, 0.1) is 6.92 Å². The van der Waals surface area contributed by atoms with Crippen LogP contribution in [0.15, 0.2) is 96.3 Å². The topological polar surface area (TPSA) is 81.5 Å². The van der Waals surface area contributed by atoms with E-state index in [4.69, 9.17) is 4.74 Å². The highest BCUT2D eigenvalue weighted by Crippen LogP contribution is 2.23. The van der Waals surface area contributed by atoms with Gasteiger partial charge >= 0.3 is 0 Å². The van der Waals surface area contributed by atoms with Gasteiger partial charge in [0.2, 0.25) is 15.0 Å². The number of benzene rings is 3. The molecule has 0 aliphatic carbocycles. The van der Waals surface area contributed by atoms with Crippen LogP contribution in [0.25, 0.3) is 0 Å². The summed E-state index contributed by atoms with van der Waals surface area (Å²) in [7, 11) is -3.76. The summed E-state index contributed by atoms with van der Waals surface area (Å²) in [6, 6.07) is 26.3. The number of aryl methyl sites for hydroxylation is 1. The van der Waals surface area contributed by atoms with E-state index >= 15 is 0 Å². The van der Waals surface area contributed by atoms with Crippen LogP contribution in [-0.4, -0.2) is 48.0 Å². The summed E-state index contributed by atoms with van der Waals surface area (Å²) in [6.45, 7) is 3.58. The maximum atomic E-state index is 13.8. The summed E-state index contributed by atoms with van der Waals surface area (Å²) in [4.78, 5) is 20.0. The van der Waals surface area contributed by atoms with Gasteiger partial charge in [0.1, 0.15) is 0 Å². The third-order valence-corrected chi connectivity index (χ3v) is 8.62. The highest BCUT2D eigenvalue weighted by molar-refractivity contribution is 7.90. The molecule has 2 heterocycles. The number of aromatic nitrogens is 2. The molecule has 1 saturated heterocycles. The second-order valence-corrected chi connectivity index (χ2v) is 11.9. The van der Waals surface area contributed by atoms with Crippen molar-refractivity contribution in [2.45, 2.75) is 49.9 Å². The van der Waals surface area contributed by atoms with Crippen molar-refractivity contribution >= 4 is 15.7 Å². The van der Waals surface area contributed by atoms with E-state index in [1.807, 2.05) is 79.7 Å². The molecule has 7 nitrogen and oxygen atoms in total. The highest BCUT2D eigenvalue weighted by atomic mass is 32.2. The van der Waals surface area contributed by atoms with Gasteiger partial charge in [0, 0.05) is 18.7 Å². The molecule has 39 heavy (non-hydrogen) atoms. The standard InChI is InChI=1S/C31H33N3O4S/c1-24-11-8-9-17-29(24)30(35)33(22-28-16-10-18-38-28)21-27-19-32-31(34(27)20-25-12-4-2-5-13-25)39(36,37)23-26-14-6-3-7-15-26/h2-9,11-15,17,19,28H,10,16,18,20-23H2,1H3. The van der Waals surface area contributed by atoms with Crippen LogP contribution in [0.4, 0.5) is 0 Å². The fraction of sp³-hybridized carbons (Fsp3) is 0.290. The van der Waals surface area contributed by atoms with Crippen LogP contribution in [0.3, 0.4) is 0 Å². The highest BCUT2D eigenvalue weighted by Gasteiger charge is 2.28. The number of sulfone groups is 1. The lowest BCUT2D eigenvalue weighted by atomic mass is 10.1. The van der Waals surface area contributed by atoms with Gasteiger partial charge in [0.25, 0.3) is 5.91 Å². The first-order valence-corrected chi connectivity index (χ1v) is 14.9. The Morgan fingerprint density at radius 2 is 1.64 bits per heavy atom. The molecule has 0 bridgehead atoms. The van der Waals surface area contributed by atoms with E-state index in [0.717, 1.165) is 24.0 Å². The quantitative estimate of drug-likeness (QED) is 0.280. The lowest BCUT2D eigenvalue weighted by Crippen LogP contribution is -2.38. The number of hydrogen-bond donors (Lipinski definition) is 0. The lowest BCUT2D eigenvalue weighted by molar-refractivity contribution is 0.0501. The van der Waals surface area contributed by atoms with Gasteiger partial charge in [-0.3, -0.25) is 4.79 Å². The minimum Gasteiger partial charge on any atom is -0.376 e. The molecule has 8 heteroatoms. The molecule has 5 rings (SSSR count). The van der Waals surface area contributed by atoms with E-state index in [1.54, 1.807) is 27.8 Å². The van der Waals surface area contributed by atoms with Gasteiger partial charge in [-0.1, -0.05) is 78.9 Å². The van der Waals surface area contributed by atoms with E-state index in [9.17, 15) is 13.2 Å². The molecule has 0 spiro atoms. The van der Waals surface area contributed by atoms with Gasteiger partial charge < -0.3 is 14.2 Å². The fourth-order valence-corrected chi connectivity index (χ4v) is 6.48. The zero-order valence-electron chi connectivity index (χ0n) is 22.1. The van der Waals surface area contributed by atoms with Crippen molar-refractivity contribution in [3.05, 3.63) is 119 Å². The van der Waals surface area contributed by atoms with Crippen LogP contribution in [0.2, 0.25) is 0 Å². The minimum atomic E-state index is -3.76. The van der Waals surface area contributed by atoms with Crippen molar-refractivity contribution in [1.29, 1.82) is 0 Å². The van der Waals surface area contributed by atoms with Crippen LogP contribution < -0.4 is 0 Å². The predicted octanol–water partition coefficient (Wildman–Crippen LogP) is 5.04. The van der Waals surface area contributed by atoms with Gasteiger partial charge in [-0.15, -0.1) is 0 Å². The van der Waals surface area contributed by atoms with E-state index in [0.29, 0.717) is 36.5 Å². The van der Waals surface area contributed by atoms with Crippen molar-refractivity contribution < 1.29 is 17.9 Å². The van der Waals surface area contributed by atoms with Gasteiger partial charge in [-0.05, 0) is 42.5 Å². The third kappa shape index (κ3) is 6.46. The Labute approximate surface area is 230 Å². The Morgan fingerprint density at radius 1 is 0.974 bits per heavy atom. The first kappa shape index (κ1) is 26.8. The minimum absolute atomic E-state index is 0.00520. The molecule has 0 radical (unpaired) electrons. The Bertz CT molecular complexity index is 1510. The van der Waals surface area contributed by atoms with Gasteiger partial charge in [0.15, 0.2) is 0 Å². The molecule has 202 valence electrons. The van der Waals surface area contributed by atoms with Crippen LogP contribution in [-0.2, 0) is 33.4 Å². The summed E-state index contributed by atoms with van der Waals surface area (Å²) in [5.74, 6) is -0.259. The number of carbonyl (C=O) groups excluding carboxylic acids is 1. The number of ether oxygens (including phenoxy) is 1. The summed E-state index contributed by atoms with van der Waals surface area (Å²) < 4.78 is 34.8. The fourth-order valence-electron chi connectivity index (χ4n) is 4.99. The molecule has 1 aliphatic heterocycles. The number of carbonyl (C=O) groups is 1. The predicted molar refractivity (Wildman–Crippen MR) is 150 cm³/mol. The SMILES string of the molecule is Cc1ccccc1C(=O)N(Cc1cnc(S(=O)(=O)Cc2ccccc2)n1Cc1ccccc1)CC1CCCO1. The van der Waals surface area contributed by atoms with Crippen molar-refractivity contribution in [3.63, 3.8) is 0 Å². The normalized spacial score (nSPS) is 15.4. The molecule has 3 aromatic carbocycles. The average molecular weight is 544 g/mol. The molecular formula is C31H33N3O4S. The Morgan fingerprint density at radius 3 is 2.31 bits per heavy atom. The average Bonchev–Trinajstić information content (AvgIpc) is 3.60. The molecule has 0 N–H and O–H groups in total. The summed E-state index contributed by atoms with van der Waals surface area (Å²) in [5, 5.41) is 0.00520. The number of hydrogen-bond acceptors (Lipinski definition) is 5. The molecular weight excluding hydrogens is 510 g/mol. The Kier molecular flexibility index (Phi) is 8.24. The first-order valence-electron chi connectivity index (χ1n) is 13.2. The number of amides is 1. The third-order valence-electron chi connectivity index (χ3n) is 7.03. The molecule has 1 fully saturated rings. The smallest absolute Gasteiger partial charge is 0.254 e. The van der Waals surface area contributed by atoms with E-state index in [2.05, 4.69) is 4.98 Å². The molecule has 1 atom stereocenters. The Hall–Kier alpha value is -3.75. The van der Waals surface area contributed by atoms with Crippen molar-refractivity contribution in [2.24, 2.45) is 0 Å². The maximum Gasteiger partial charge on any atom is 0.254 e. The van der Waals surface area contributed by atoms with Crippen LogP contribution in [0.1, 0.15) is 45.6 Å². The number of imidazole rings is 1. The monoisotopic (exact) mass is 543 g/mol. The summed E-state index contributed by atoms with van der Waals surface area (Å²) >= 11 is 0. The van der Waals surface area contributed by atoms with Crippen molar-refractivity contribution in [3.8, 4) is 0 Å². The Balaban J connectivity index is 1.52. The molecule has 1 amide bonds. The number of rotatable bonds is 10. The number of nitrogens with zero attached hydrogens (tertiary/aromatic N) is 3.